The number of rotatable bonds is 3. The molecule has 1 N–H and O–H groups in total. The van der Waals surface area contributed by atoms with Crippen molar-refractivity contribution < 1.29 is 14.6 Å². The van der Waals surface area contributed by atoms with Crippen LogP contribution in [0.3, 0.4) is 0 Å². The lowest BCUT2D eigenvalue weighted by Crippen LogP contribution is -2.27. The molecular weight excluding hydrogens is 336 g/mol. The lowest BCUT2D eigenvalue weighted by atomic mass is 9.89. The summed E-state index contributed by atoms with van der Waals surface area (Å²) in [5.41, 5.74) is 3.68. The number of ether oxygens (including phenoxy) is 2. The summed E-state index contributed by atoms with van der Waals surface area (Å²) < 4.78 is 11.9. The Morgan fingerprint density at radius 1 is 1.22 bits per heavy atom. The molecule has 4 atom stereocenters. The van der Waals surface area contributed by atoms with Gasteiger partial charge in [-0.3, -0.25) is 0 Å². The number of hydrogen-bond donors (Lipinski definition) is 1. The first kappa shape index (κ1) is 22.0. The Morgan fingerprint density at radius 3 is 2.74 bits per heavy atom. The maximum absolute atomic E-state index is 10.6. The molecule has 2 aliphatic rings. The van der Waals surface area contributed by atoms with E-state index < -0.39 is 6.10 Å². The van der Waals surface area contributed by atoms with E-state index in [0.717, 1.165) is 57.1 Å². The van der Waals surface area contributed by atoms with Crippen molar-refractivity contribution in [2.24, 2.45) is 5.92 Å². The summed E-state index contributed by atoms with van der Waals surface area (Å²) in [5, 5.41) is 10.6. The Balaban J connectivity index is 2.15. The van der Waals surface area contributed by atoms with Gasteiger partial charge in [-0.05, 0) is 65.7 Å². The van der Waals surface area contributed by atoms with Crippen LogP contribution in [0.15, 0.2) is 35.5 Å². The van der Waals surface area contributed by atoms with Crippen molar-refractivity contribution in [1.29, 1.82) is 0 Å². The molecule has 150 valence electrons. The minimum Gasteiger partial charge on any atom is -0.380 e. The first-order chi connectivity index (χ1) is 13.0. The zero-order valence-corrected chi connectivity index (χ0v) is 17.3. The molecule has 0 amide bonds. The molecule has 0 aromatic heterocycles. The van der Waals surface area contributed by atoms with Gasteiger partial charge >= 0.3 is 0 Å². The highest BCUT2D eigenvalue weighted by Gasteiger charge is 2.20. The molecule has 3 heteroatoms. The van der Waals surface area contributed by atoms with Crippen molar-refractivity contribution in [1.82, 2.24) is 0 Å². The lowest BCUT2D eigenvalue weighted by molar-refractivity contribution is -0.177. The van der Waals surface area contributed by atoms with Crippen molar-refractivity contribution in [3.8, 4) is 11.8 Å². The molecule has 0 bridgehead atoms. The topological polar surface area (TPSA) is 38.7 Å². The highest BCUT2D eigenvalue weighted by Crippen LogP contribution is 2.24. The van der Waals surface area contributed by atoms with Gasteiger partial charge in [0.1, 0.15) is 6.10 Å². The molecule has 27 heavy (non-hydrogen) atoms. The fourth-order valence-corrected chi connectivity index (χ4v) is 3.63. The molecule has 0 radical (unpaired) electrons. The summed E-state index contributed by atoms with van der Waals surface area (Å²) in [4.78, 5) is 0. The molecule has 1 aliphatic heterocycles. The van der Waals surface area contributed by atoms with Crippen LogP contribution in [0, 0.1) is 17.8 Å². The summed E-state index contributed by atoms with van der Waals surface area (Å²) in [5.74, 6) is 6.22. The van der Waals surface area contributed by atoms with E-state index >= 15 is 0 Å². The molecule has 0 spiro atoms. The maximum Gasteiger partial charge on any atom is 0.158 e. The van der Waals surface area contributed by atoms with Crippen LogP contribution >= 0.6 is 0 Å². The Morgan fingerprint density at radius 2 is 2.04 bits per heavy atom. The van der Waals surface area contributed by atoms with Gasteiger partial charge in [-0.15, -0.1) is 0 Å². The lowest BCUT2D eigenvalue weighted by Gasteiger charge is -2.26. The van der Waals surface area contributed by atoms with Crippen molar-refractivity contribution in [2.45, 2.75) is 90.6 Å². The standard InChI is InChI=1S/C24H36O3/c1-18(2)22-15-14-19(3)9-7-10-20(4)17-21(11-8-12-23(22)25)27-24-13-5-6-16-26-24/h9,17,21-25H,1,5-7,10-11,13-16H2,2-4H3/b19-9+,20-17+/t21-,22?,23-,24?/m1/s1. The molecule has 1 fully saturated rings. The third-order valence-corrected chi connectivity index (χ3v) is 5.38. The monoisotopic (exact) mass is 372 g/mol. The third kappa shape index (κ3) is 8.05. The van der Waals surface area contributed by atoms with E-state index in [4.69, 9.17) is 9.47 Å². The smallest absolute Gasteiger partial charge is 0.158 e. The molecule has 1 heterocycles. The number of aliphatic hydroxyl groups is 1. The van der Waals surface area contributed by atoms with E-state index in [1.807, 2.05) is 6.92 Å². The summed E-state index contributed by atoms with van der Waals surface area (Å²) >= 11 is 0. The van der Waals surface area contributed by atoms with E-state index in [-0.39, 0.29) is 18.3 Å². The van der Waals surface area contributed by atoms with Crippen LogP contribution in [0.2, 0.25) is 0 Å². The molecule has 2 unspecified atom stereocenters. The Hall–Kier alpha value is -1.34. The number of aliphatic hydroxyl groups excluding tert-OH is 1. The van der Waals surface area contributed by atoms with E-state index in [1.54, 1.807) is 0 Å². The van der Waals surface area contributed by atoms with Gasteiger partial charge in [0, 0.05) is 18.9 Å². The summed E-state index contributed by atoms with van der Waals surface area (Å²) in [7, 11) is 0. The van der Waals surface area contributed by atoms with Gasteiger partial charge < -0.3 is 14.6 Å². The predicted octanol–water partition coefficient (Wildman–Crippen LogP) is 5.31. The first-order valence-corrected chi connectivity index (χ1v) is 10.4. The van der Waals surface area contributed by atoms with Gasteiger partial charge in [0.25, 0.3) is 0 Å². The first-order valence-electron chi connectivity index (χ1n) is 10.4. The Bertz CT molecular complexity index is 599. The molecule has 1 saturated heterocycles. The van der Waals surface area contributed by atoms with Crippen molar-refractivity contribution in [3.63, 3.8) is 0 Å². The summed E-state index contributed by atoms with van der Waals surface area (Å²) in [6.07, 6.45) is 11.3. The second kappa shape index (κ2) is 11.5. The SMILES string of the molecule is C=C(C)C1CC/C(C)=C/CC/C(C)=C/[C@H](OC2CCCCO2)CC#C[C@H]1O. The van der Waals surface area contributed by atoms with Crippen LogP contribution in [0.25, 0.3) is 0 Å². The minimum atomic E-state index is -0.671. The van der Waals surface area contributed by atoms with E-state index in [0.29, 0.717) is 6.42 Å². The fraction of sp³-hybridized carbons (Fsp3) is 0.667. The highest BCUT2D eigenvalue weighted by molar-refractivity contribution is 5.16. The predicted molar refractivity (Wildman–Crippen MR) is 111 cm³/mol. The quantitative estimate of drug-likeness (QED) is 0.539. The number of allylic oxidation sites excluding steroid dienone is 3. The molecular formula is C24H36O3. The van der Waals surface area contributed by atoms with Crippen LogP contribution in [0.1, 0.15) is 72.1 Å². The zero-order valence-electron chi connectivity index (χ0n) is 17.3. The normalized spacial score (nSPS) is 34.8. The van der Waals surface area contributed by atoms with E-state index in [1.165, 1.54) is 11.1 Å². The van der Waals surface area contributed by atoms with E-state index in [9.17, 15) is 5.11 Å². The molecule has 3 nitrogen and oxygen atoms in total. The van der Waals surface area contributed by atoms with Crippen LogP contribution in [-0.4, -0.2) is 30.2 Å². The van der Waals surface area contributed by atoms with Gasteiger partial charge in [-0.25, -0.2) is 0 Å². The van der Waals surface area contributed by atoms with Gasteiger partial charge in [0.05, 0.1) is 6.10 Å². The molecule has 0 aromatic rings. The molecule has 0 aromatic carbocycles. The highest BCUT2D eigenvalue weighted by atomic mass is 16.7. The maximum atomic E-state index is 10.6. The summed E-state index contributed by atoms with van der Waals surface area (Å²) in [6.45, 7) is 11.1. The second-order valence-corrected chi connectivity index (χ2v) is 8.03. The van der Waals surface area contributed by atoms with E-state index in [2.05, 4.69) is 44.4 Å². The average Bonchev–Trinajstić information content (AvgIpc) is 2.61. The number of hydrogen-bond acceptors (Lipinski definition) is 3. The van der Waals surface area contributed by atoms with Crippen LogP contribution in [0.5, 0.6) is 0 Å². The fourth-order valence-electron chi connectivity index (χ4n) is 3.63. The van der Waals surface area contributed by atoms with Crippen LogP contribution in [-0.2, 0) is 9.47 Å². The van der Waals surface area contributed by atoms with Gasteiger partial charge in [-0.1, -0.05) is 47.3 Å². The van der Waals surface area contributed by atoms with Crippen molar-refractivity contribution in [3.05, 3.63) is 35.5 Å². The third-order valence-electron chi connectivity index (χ3n) is 5.38. The van der Waals surface area contributed by atoms with Crippen molar-refractivity contribution >= 4 is 0 Å². The van der Waals surface area contributed by atoms with Crippen LogP contribution < -0.4 is 0 Å². The van der Waals surface area contributed by atoms with Gasteiger partial charge in [-0.2, -0.15) is 0 Å². The zero-order chi connectivity index (χ0) is 19.6. The van der Waals surface area contributed by atoms with Gasteiger partial charge in [0.15, 0.2) is 6.29 Å². The molecule has 1 aliphatic carbocycles. The minimum absolute atomic E-state index is 0.0158. The molecule has 0 saturated carbocycles. The molecule has 2 rings (SSSR count). The largest absolute Gasteiger partial charge is 0.380 e. The average molecular weight is 373 g/mol. The second-order valence-electron chi connectivity index (χ2n) is 8.03. The Labute approximate surface area is 165 Å². The van der Waals surface area contributed by atoms with Crippen LogP contribution in [0.4, 0.5) is 0 Å². The summed E-state index contributed by atoms with van der Waals surface area (Å²) in [6, 6.07) is 0. The van der Waals surface area contributed by atoms with Crippen molar-refractivity contribution in [2.75, 3.05) is 6.61 Å². The van der Waals surface area contributed by atoms with Gasteiger partial charge in [0.2, 0.25) is 0 Å². The Kier molecular flexibility index (Phi) is 9.34.